The predicted molar refractivity (Wildman–Crippen MR) is 165 cm³/mol. The summed E-state index contributed by atoms with van der Waals surface area (Å²) in [6.07, 6.45) is 20.0. The molecule has 0 aromatic heterocycles. The number of rotatable bonds is 31. The van der Waals surface area contributed by atoms with Gasteiger partial charge in [0.25, 0.3) is 0 Å². The number of carbonyl (C=O) groups is 5. The Hall–Kier alpha value is -2.73. The highest BCUT2D eigenvalue weighted by Gasteiger charge is 2.21. The second-order valence-electron chi connectivity index (χ2n) is 11.5. The van der Waals surface area contributed by atoms with Gasteiger partial charge in [0.15, 0.2) is 0 Å². The van der Waals surface area contributed by atoms with Crippen LogP contribution in [0.3, 0.4) is 0 Å². The Morgan fingerprint density at radius 1 is 0.488 bits per heavy atom. The van der Waals surface area contributed by atoms with Gasteiger partial charge in [-0.3, -0.25) is 25.0 Å². The topological polar surface area (TPSA) is 208 Å². The molecule has 0 aromatic carbocycles. The third-order valence-corrected chi connectivity index (χ3v) is 7.58. The van der Waals surface area contributed by atoms with Crippen LogP contribution in [0.25, 0.3) is 0 Å². The van der Waals surface area contributed by atoms with Crippen molar-refractivity contribution in [3.05, 3.63) is 0 Å². The molecule has 12 nitrogen and oxygen atoms in total. The minimum Gasteiger partial charge on any atom is -0.481 e. The molecule has 2 amide bonds. The van der Waals surface area contributed by atoms with Crippen molar-refractivity contribution < 1.29 is 39.3 Å². The summed E-state index contributed by atoms with van der Waals surface area (Å²) in [6.45, 7) is 0.348. The average Bonchev–Trinajstić information content (AvgIpc) is 2.95. The summed E-state index contributed by atoms with van der Waals surface area (Å²) in [6, 6.07) is -1.94. The molecule has 0 fully saturated rings. The summed E-state index contributed by atoms with van der Waals surface area (Å²) in [5.74, 6) is 1.64. The zero-order valence-corrected chi connectivity index (χ0v) is 26.1. The highest BCUT2D eigenvalue weighted by molar-refractivity contribution is 5.84. The third kappa shape index (κ3) is 26.6. The Morgan fingerprint density at radius 3 is 1.35 bits per heavy atom. The van der Waals surface area contributed by atoms with Crippen LogP contribution in [0.15, 0.2) is 0 Å². The molecular formula is C31H58N4O8. The van der Waals surface area contributed by atoms with Gasteiger partial charge in [0.2, 0.25) is 11.8 Å². The van der Waals surface area contributed by atoms with Gasteiger partial charge in [0.05, 0.1) is 0 Å². The molecule has 0 rings (SSSR count). The Bertz CT molecular complexity index is 781. The molecule has 0 aromatic rings. The molecule has 0 aliphatic heterocycles. The summed E-state index contributed by atoms with van der Waals surface area (Å²) < 4.78 is 0. The van der Waals surface area contributed by atoms with Crippen LogP contribution < -0.4 is 21.9 Å². The van der Waals surface area contributed by atoms with Crippen molar-refractivity contribution in [2.45, 2.75) is 160 Å². The number of hydrazine groups is 1. The van der Waals surface area contributed by atoms with Crippen LogP contribution in [0.5, 0.6) is 0 Å². The predicted octanol–water partition coefficient (Wildman–Crippen LogP) is 4.65. The Balaban J connectivity index is 3.68. The van der Waals surface area contributed by atoms with Gasteiger partial charge in [-0.05, 0) is 38.5 Å². The average molecular weight is 615 g/mol. The number of amides is 2. The fourth-order valence-electron chi connectivity index (χ4n) is 4.90. The minimum absolute atomic E-state index is 0.00126. The first kappa shape index (κ1) is 40.3. The van der Waals surface area contributed by atoms with E-state index in [1.807, 2.05) is 0 Å². The number of nitrogens with one attached hydrogen (secondary N) is 3. The normalized spacial score (nSPS) is 12.4. The molecular weight excluding hydrogens is 556 g/mol. The van der Waals surface area contributed by atoms with Crippen LogP contribution in [-0.4, -0.2) is 63.7 Å². The van der Waals surface area contributed by atoms with E-state index in [-0.39, 0.29) is 37.5 Å². The van der Waals surface area contributed by atoms with E-state index in [2.05, 4.69) is 16.1 Å². The lowest BCUT2D eigenvalue weighted by Gasteiger charge is -2.14. The first-order valence-electron chi connectivity index (χ1n) is 16.4. The van der Waals surface area contributed by atoms with Gasteiger partial charge in [-0.25, -0.2) is 10.2 Å². The number of carboxylic acids is 3. The van der Waals surface area contributed by atoms with Crippen molar-refractivity contribution in [1.82, 2.24) is 16.1 Å². The van der Waals surface area contributed by atoms with E-state index in [0.717, 1.165) is 38.5 Å². The molecule has 43 heavy (non-hydrogen) atoms. The quantitative estimate of drug-likeness (QED) is 0.0327. The van der Waals surface area contributed by atoms with E-state index in [1.54, 1.807) is 0 Å². The molecule has 0 saturated carbocycles. The van der Waals surface area contributed by atoms with Gasteiger partial charge in [-0.2, -0.15) is 0 Å². The maximum absolute atomic E-state index is 12.2. The number of carboxylic acid groups (broad SMARTS) is 3. The number of hydrogen-bond acceptors (Lipinski definition) is 7. The molecule has 0 heterocycles. The van der Waals surface area contributed by atoms with Crippen LogP contribution >= 0.6 is 0 Å². The zero-order valence-electron chi connectivity index (χ0n) is 26.1. The number of carbonyl (C=O) groups excluding carboxylic acids is 2. The van der Waals surface area contributed by atoms with E-state index < -0.39 is 30.0 Å². The van der Waals surface area contributed by atoms with Gasteiger partial charge in [0, 0.05) is 25.8 Å². The van der Waals surface area contributed by atoms with Crippen molar-refractivity contribution in [3.8, 4) is 0 Å². The Labute approximate surface area is 257 Å². The van der Waals surface area contributed by atoms with E-state index >= 15 is 0 Å². The lowest BCUT2D eigenvalue weighted by atomic mass is 10.0. The largest absolute Gasteiger partial charge is 0.481 e. The molecule has 12 heteroatoms. The Morgan fingerprint density at radius 2 is 0.930 bits per heavy atom. The van der Waals surface area contributed by atoms with Crippen LogP contribution in [0.1, 0.15) is 148 Å². The number of aliphatic carboxylic acids is 3. The second-order valence-corrected chi connectivity index (χ2v) is 11.5. The summed E-state index contributed by atoms with van der Waals surface area (Å²) in [5, 5.41) is 32.1. The van der Waals surface area contributed by atoms with Crippen LogP contribution in [0.4, 0.5) is 0 Å². The fourth-order valence-corrected chi connectivity index (χ4v) is 4.90. The lowest BCUT2D eigenvalue weighted by Crippen LogP contribution is -2.41. The lowest BCUT2D eigenvalue weighted by molar-refractivity contribution is -0.142. The van der Waals surface area contributed by atoms with Gasteiger partial charge in [-0.15, -0.1) is 0 Å². The van der Waals surface area contributed by atoms with E-state index in [4.69, 9.17) is 16.1 Å². The van der Waals surface area contributed by atoms with Crippen LogP contribution in [-0.2, 0) is 24.0 Å². The number of hydrogen-bond donors (Lipinski definition) is 7. The molecule has 0 saturated heterocycles. The molecule has 0 radical (unpaired) electrons. The van der Waals surface area contributed by atoms with Crippen molar-refractivity contribution in [2.24, 2.45) is 5.84 Å². The molecule has 0 aliphatic carbocycles. The highest BCUT2D eigenvalue weighted by atomic mass is 16.4. The van der Waals surface area contributed by atoms with Gasteiger partial charge < -0.3 is 26.0 Å². The maximum Gasteiger partial charge on any atom is 0.326 e. The first-order valence-corrected chi connectivity index (χ1v) is 16.4. The summed E-state index contributed by atoms with van der Waals surface area (Å²) in [4.78, 5) is 57.1. The van der Waals surface area contributed by atoms with Crippen molar-refractivity contribution >= 4 is 29.7 Å². The van der Waals surface area contributed by atoms with Crippen molar-refractivity contribution in [3.63, 3.8) is 0 Å². The van der Waals surface area contributed by atoms with E-state index in [9.17, 15) is 29.1 Å². The number of unbranched alkanes of at least 4 members (excludes halogenated alkanes) is 16. The number of nitrogens with two attached hydrogens (primary N) is 1. The highest BCUT2D eigenvalue weighted by Crippen LogP contribution is 2.14. The molecule has 0 aliphatic rings. The smallest absolute Gasteiger partial charge is 0.326 e. The molecule has 0 bridgehead atoms. The monoisotopic (exact) mass is 614 g/mol. The van der Waals surface area contributed by atoms with Crippen molar-refractivity contribution in [1.29, 1.82) is 0 Å². The molecule has 250 valence electrons. The summed E-state index contributed by atoms with van der Waals surface area (Å²) >= 11 is 0. The fraction of sp³-hybridized carbons (Fsp3) is 0.839. The van der Waals surface area contributed by atoms with Gasteiger partial charge >= 0.3 is 17.9 Å². The molecule has 2 unspecified atom stereocenters. The SMILES string of the molecule is NNC(CCCCNC(=O)CCC(NC(=O)CCCCCCCCCCCCCCCCCCC(=O)O)C(=O)O)C(=O)O. The van der Waals surface area contributed by atoms with E-state index in [1.165, 1.54) is 57.8 Å². The minimum atomic E-state index is -1.17. The summed E-state index contributed by atoms with van der Waals surface area (Å²) in [5.41, 5.74) is 2.22. The first-order chi connectivity index (χ1) is 20.7. The zero-order chi connectivity index (χ0) is 32.1. The van der Waals surface area contributed by atoms with Gasteiger partial charge in [0.1, 0.15) is 12.1 Å². The Kier molecular flexibility index (Phi) is 26.3. The van der Waals surface area contributed by atoms with E-state index in [0.29, 0.717) is 32.2 Å². The summed E-state index contributed by atoms with van der Waals surface area (Å²) in [7, 11) is 0. The third-order valence-electron chi connectivity index (χ3n) is 7.58. The second kappa shape index (κ2) is 28.1. The van der Waals surface area contributed by atoms with Gasteiger partial charge in [-0.1, -0.05) is 89.9 Å². The van der Waals surface area contributed by atoms with Crippen molar-refractivity contribution in [2.75, 3.05) is 6.54 Å². The van der Waals surface area contributed by atoms with Crippen LogP contribution in [0.2, 0.25) is 0 Å². The maximum atomic E-state index is 12.2. The molecule has 0 spiro atoms. The molecule has 8 N–H and O–H groups in total. The molecule has 2 atom stereocenters. The standard InChI is InChI=1S/C31H58N4O8/c32-35-26(31(42)43)19-17-18-24-33-27(36)23-22-25(30(40)41)34-28(37)20-15-13-11-9-7-5-3-1-2-4-6-8-10-12-14-16-21-29(38)39/h25-26,35H,1-24,32H2,(H,33,36)(H,34,37)(H,38,39)(H,40,41)(H,42,43). The van der Waals surface area contributed by atoms with Crippen LogP contribution in [0, 0.1) is 0 Å².